The quantitative estimate of drug-likeness (QED) is 0.570. The molecule has 1 fully saturated rings. The third-order valence-corrected chi connectivity index (χ3v) is 2.76. The highest BCUT2D eigenvalue weighted by atomic mass is 16.4. The summed E-state index contributed by atoms with van der Waals surface area (Å²) >= 11 is 0. The van der Waals surface area contributed by atoms with Crippen LogP contribution in [-0.2, 0) is 4.79 Å². The van der Waals surface area contributed by atoms with Crippen LogP contribution in [0.2, 0.25) is 0 Å². The highest BCUT2D eigenvalue weighted by Crippen LogP contribution is 2.23. The fourth-order valence-electron chi connectivity index (χ4n) is 1.85. The fraction of sp³-hybridized carbons (Fsp3) is 0.900. The molecule has 4 nitrogen and oxygen atoms in total. The lowest BCUT2D eigenvalue weighted by atomic mass is 9.87. The van der Waals surface area contributed by atoms with Crippen LogP contribution in [0.3, 0.4) is 0 Å². The zero-order valence-electron chi connectivity index (χ0n) is 8.41. The Morgan fingerprint density at radius 1 is 1.29 bits per heavy atom. The fourth-order valence-corrected chi connectivity index (χ4v) is 1.85. The lowest BCUT2D eigenvalue weighted by Gasteiger charge is -2.25. The van der Waals surface area contributed by atoms with E-state index in [9.17, 15) is 9.90 Å². The zero-order valence-corrected chi connectivity index (χ0v) is 8.41. The van der Waals surface area contributed by atoms with Gasteiger partial charge in [-0.05, 0) is 38.1 Å². The smallest absolute Gasteiger partial charge is 0.304 e. The number of carboxylic acids is 1. The summed E-state index contributed by atoms with van der Waals surface area (Å²) < 4.78 is 0. The summed E-state index contributed by atoms with van der Waals surface area (Å²) in [6.45, 7) is 1.44. The van der Waals surface area contributed by atoms with Crippen LogP contribution in [0.4, 0.5) is 0 Å². The average Bonchev–Trinajstić information content (AvgIpc) is 2.15. The van der Waals surface area contributed by atoms with Crippen LogP contribution in [-0.4, -0.2) is 35.4 Å². The predicted octanol–water partition coefficient (Wildman–Crippen LogP) is 0.602. The summed E-state index contributed by atoms with van der Waals surface area (Å²) in [5, 5.41) is 20.8. The molecule has 0 amide bonds. The molecule has 1 rings (SSSR count). The van der Waals surface area contributed by atoms with Gasteiger partial charge in [-0.3, -0.25) is 4.79 Å². The van der Waals surface area contributed by atoms with E-state index >= 15 is 0 Å². The van der Waals surface area contributed by atoms with Gasteiger partial charge in [-0.15, -0.1) is 0 Å². The number of hydrogen-bond donors (Lipinski definition) is 3. The van der Waals surface area contributed by atoms with E-state index in [-0.39, 0.29) is 12.5 Å². The van der Waals surface area contributed by atoms with Gasteiger partial charge in [-0.2, -0.15) is 0 Å². The van der Waals surface area contributed by atoms with Gasteiger partial charge in [0.25, 0.3) is 0 Å². The first-order valence-corrected chi connectivity index (χ1v) is 5.29. The minimum Gasteiger partial charge on any atom is -0.481 e. The molecule has 0 unspecified atom stereocenters. The lowest BCUT2D eigenvalue weighted by Crippen LogP contribution is -2.29. The van der Waals surface area contributed by atoms with Crippen molar-refractivity contribution in [2.24, 2.45) is 5.92 Å². The molecular weight excluding hydrogens is 182 g/mol. The average molecular weight is 201 g/mol. The first kappa shape index (κ1) is 11.5. The van der Waals surface area contributed by atoms with E-state index in [0.29, 0.717) is 12.5 Å². The van der Waals surface area contributed by atoms with Gasteiger partial charge < -0.3 is 15.5 Å². The lowest BCUT2D eigenvalue weighted by molar-refractivity contribution is -0.136. The Labute approximate surface area is 84.3 Å². The Bertz CT molecular complexity index is 176. The Kier molecular flexibility index (Phi) is 4.90. The second kappa shape index (κ2) is 5.98. The zero-order chi connectivity index (χ0) is 10.4. The number of nitrogens with one attached hydrogen (secondary N) is 1. The van der Waals surface area contributed by atoms with Gasteiger partial charge in [0.15, 0.2) is 0 Å². The maximum atomic E-state index is 10.2. The van der Waals surface area contributed by atoms with Gasteiger partial charge >= 0.3 is 5.97 Å². The number of aliphatic carboxylic acids is 1. The normalized spacial score (nSPS) is 27.5. The van der Waals surface area contributed by atoms with Gasteiger partial charge in [0.05, 0.1) is 12.5 Å². The molecule has 1 saturated carbocycles. The Morgan fingerprint density at radius 3 is 2.50 bits per heavy atom. The van der Waals surface area contributed by atoms with Crippen LogP contribution in [0.1, 0.15) is 32.1 Å². The van der Waals surface area contributed by atoms with E-state index in [1.165, 1.54) is 0 Å². The van der Waals surface area contributed by atoms with Crippen molar-refractivity contribution in [1.29, 1.82) is 0 Å². The maximum absolute atomic E-state index is 10.2. The van der Waals surface area contributed by atoms with Gasteiger partial charge in [0, 0.05) is 6.54 Å². The van der Waals surface area contributed by atoms with Crippen molar-refractivity contribution >= 4 is 5.97 Å². The molecule has 0 spiro atoms. The van der Waals surface area contributed by atoms with E-state index in [4.69, 9.17) is 5.11 Å². The largest absolute Gasteiger partial charge is 0.481 e. The number of rotatable bonds is 5. The number of hydrogen-bond acceptors (Lipinski definition) is 3. The van der Waals surface area contributed by atoms with Gasteiger partial charge in [-0.25, -0.2) is 0 Å². The standard InChI is InChI=1S/C10H19NO3/c12-9-3-1-8(2-4-9)7-11-6-5-10(13)14/h8-9,11-12H,1-7H2,(H,13,14). The molecule has 3 N–H and O–H groups in total. The van der Waals surface area contributed by atoms with Crippen molar-refractivity contribution in [2.45, 2.75) is 38.2 Å². The summed E-state index contributed by atoms with van der Waals surface area (Å²) in [5.74, 6) is -0.135. The van der Waals surface area contributed by atoms with Crippen molar-refractivity contribution in [2.75, 3.05) is 13.1 Å². The summed E-state index contributed by atoms with van der Waals surface area (Å²) in [4.78, 5) is 10.2. The molecular formula is C10H19NO3. The molecule has 14 heavy (non-hydrogen) atoms. The molecule has 0 bridgehead atoms. The minimum absolute atomic E-state index is 0.106. The summed E-state index contributed by atoms with van der Waals surface area (Å²) in [7, 11) is 0. The van der Waals surface area contributed by atoms with E-state index in [1.54, 1.807) is 0 Å². The monoisotopic (exact) mass is 201 g/mol. The summed E-state index contributed by atoms with van der Waals surface area (Å²) in [6, 6.07) is 0. The SMILES string of the molecule is O=C(O)CCNCC1CCC(O)CC1. The molecule has 82 valence electrons. The number of carbonyl (C=O) groups is 1. The van der Waals surface area contributed by atoms with E-state index in [0.717, 1.165) is 32.2 Å². The molecule has 0 radical (unpaired) electrons. The summed E-state index contributed by atoms with van der Waals surface area (Å²) in [6.07, 6.45) is 3.99. The number of aliphatic hydroxyl groups is 1. The molecule has 1 aliphatic rings. The van der Waals surface area contributed by atoms with Crippen molar-refractivity contribution in [1.82, 2.24) is 5.32 Å². The van der Waals surface area contributed by atoms with E-state index in [1.807, 2.05) is 0 Å². The van der Waals surface area contributed by atoms with Crippen LogP contribution in [0, 0.1) is 5.92 Å². The van der Waals surface area contributed by atoms with Crippen molar-refractivity contribution in [3.63, 3.8) is 0 Å². The Balaban J connectivity index is 1.99. The molecule has 1 aliphatic carbocycles. The molecule has 0 heterocycles. The van der Waals surface area contributed by atoms with Gasteiger partial charge in [0.1, 0.15) is 0 Å². The van der Waals surface area contributed by atoms with E-state index in [2.05, 4.69) is 5.32 Å². The van der Waals surface area contributed by atoms with Crippen LogP contribution in [0.15, 0.2) is 0 Å². The Hall–Kier alpha value is -0.610. The molecule has 0 aliphatic heterocycles. The molecule has 0 saturated heterocycles. The van der Waals surface area contributed by atoms with Gasteiger partial charge in [-0.1, -0.05) is 0 Å². The van der Waals surface area contributed by atoms with Crippen molar-refractivity contribution < 1.29 is 15.0 Å². The molecule has 0 aromatic carbocycles. The molecule has 4 heteroatoms. The third kappa shape index (κ3) is 4.58. The van der Waals surface area contributed by atoms with Crippen molar-refractivity contribution in [3.8, 4) is 0 Å². The van der Waals surface area contributed by atoms with Gasteiger partial charge in [0.2, 0.25) is 0 Å². The van der Waals surface area contributed by atoms with Crippen LogP contribution < -0.4 is 5.32 Å². The second-order valence-corrected chi connectivity index (χ2v) is 4.02. The van der Waals surface area contributed by atoms with Crippen LogP contribution in [0.25, 0.3) is 0 Å². The molecule has 0 aromatic heterocycles. The van der Waals surface area contributed by atoms with Crippen LogP contribution >= 0.6 is 0 Å². The number of carboxylic acid groups (broad SMARTS) is 1. The molecule has 0 aromatic rings. The first-order valence-electron chi connectivity index (χ1n) is 5.29. The highest BCUT2D eigenvalue weighted by Gasteiger charge is 2.18. The third-order valence-electron chi connectivity index (χ3n) is 2.76. The summed E-state index contributed by atoms with van der Waals surface area (Å²) in [5.41, 5.74) is 0. The maximum Gasteiger partial charge on any atom is 0.304 e. The minimum atomic E-state index is -0.753. The van der Waals surface area contributed by atoms with Crippen molar-refractivity contribution in [3.05, 3.63) is 0 Å². The van der Waals surface area contributed by atoms with E-state index < -0.39 is 5.97 Å². The Morgan fingerprint density at radius 2 is 1.93 bits per heavy atom. The first-order chi connectivity index (χ1) is 6.68. The highest BCUT2D eigenvalue weighted by molar-refractivity contribution is 5.66. The van der Waals surface area contributed by atoms with Crippen LogP contribution in [0.5, 0.6) is 0 Å². The second-order valence-electron chi connectivity index (χ2n) is 4.02. The topological polar surface area (TPSA) is 69.6 Å². The predicted molar refractivity (Wildman–Crippen MR) is 53.1 cm³/mol. The number of aliphatic hydroxyl groups excluding tert-OH is 1. The molecule has 0 atom stereocenters.